The fraction of sp³-hybridized carbons (Fsp3) is 0.449. The average Bonchev–Trinajstić information content (AvgIpc) is 4.25. The van der Waals surface area contributed by atoms with Gasteiger partial charge in [-0.25, -0.2) is 0 Å². The van der Waals surface area contributed by atoms with Gasteiger partial charge in [-0.1, -0.05) is 221 Å². The Labute approximate surface area is 418 Å². The van der Waals surface area contributed by atoms with Crippen LogP contribution in [0.25, 0.3) is 12.2 Å². The van der Waals surface area contributed by atoms with Crippen LogP contribution in [0.1, 0.15) is 152 Å². The lowest BCUT2D eigenvalue weighted by Gasteiger charge is -2.34. The second kappa shape index (κ2) is 23.3. The predicted molar refractivity (Wildman–Crippen MR) is 298 cm³/mol. The lowest BCUT2D eigenvalue weighted by molar-refractivity contribution is 0.194. The summed E-state index contributed by atoms with van der Waals surface area (Å²) >= 11 is 0. The van der Waals surface area contributed by atoms with Gasteiger partial charge in [0.05, 0.1) is 0 Å². The van der Waals surface area contributed by atoms with Gasteiger partial charge >= 0.3 is 0 Å². The van der Waals surface area contributed by atoms with Crippen LogP contribution in [0.2, 0.25) is 0 Å². The second-order valence-corrected chi connectivity index (χ2v) is 22.4. The van der Waals surface area contributed by atoms with Gasteiger partial charge in [0.1, 0.15) is 0 Å². The number of rotatable bonds is 3. The molecule has 0 spiro atoms. The van der Waals surface area contributed by atoms with Crippen LogP contribution in [0.15, 0.2) is 197 Å². The summed E-state index contributed by atoms with van der Waals surface area (Å²) in [6, 6.07) is 6.67. The summed E-state index contributed by atoms with van der Waals surface area (Å²) in [6.45, 7) is 4.20. The van der Waals surface area contributed by atoms with Crippen molar-refractivity contribution in [2.24, 2.45) is 59.2 Å². The molecule has 0 heteroatoms. The SMILES string of the molecule is C/C=C\c1cccc(/C=C\C)c1C1CCCC1.C1=CC2=CC3CCCC3C=CC2=C1.C1=CC2=CC=CC3CCCC3C2=C1.C1=CC2CCCC3CCC(C=C1)C23.C1=CC=C2C(=CC3CCCC23)C=C1. The molecule has 0 radical (unpaired) electrons. The predicted octanol–water partition coefficient (Wildman–Crippen LogP) is 19.2. The van der Waals surface area contributed by atoms with Gasteiger partial charge in [-0.15, -0.1) is 0 Å². The van der Waals surface area contributed by atoms with Gasteiger partial charge in [-0.05, 0) is 200 Å². The van der Waals surface area contributed by atoms with Gasteiger partial charge in [0, 0.05) is 0 Å². The van der Waals surface area contributed by atoms with Gasteiger partial charge in [-0.2, -0.15) is 0 Å². The second-order valence-electron chi connectivity index (χ2n) is 22.4. The van der Waals surface area contributed by atoms with E-state index in [2.05, 4.69) is 190 Å². The minimum atomic E-state index is 0.772. The minimum Gasteiger partial charge on any atom is -0.0871 e. The Kier molecular flexibility index (Phi) is 16.1. The molecule has 1 aromatic carbocycles. The third-order valence-corrected chi connectivity index (χ3v) is 18.4. The third kappa shape index (κ3) is 11.2. The molecule has 6 fully saturated rings. The number of hydrogen-bond donors (Lipinski definition) is 0. The van der Waals surface area contributed by atoms with Crippen LogP contribution >= 0.6 is 0 Å². The first kappa shape index (κ1) is 47.7. The Balaban J connectivity index is 0.000000101. The summed E-state index contributed by atoms with van der Waals surface area (Å²) in [4.78, 5) is 0. The Morgan fingerprint density at radius 1 is 0.391 bits per heavy atom. The van der Waals surface area contributed by atoms with Crippen molar-refractivity contribution >= 4 is 12.2 Å². The summed E-state index contributed by atoms with van der Waals surface area (Å²) in [5.74, 6) is 9.69. The molecule has 358 valence electrons. The Morgan fingerprint density at radius 2 is 0.986 bits per heavy atom. The third-order valence-electron chi connectivity index (χ3n) is 18.4. The molecule has 13 aliphatic carbocycles. The Morgan fingerprint density at radius 3 is 1.80 bits per heavy atom. The van der Waals surface area contributed by atoms with Crippen LogP contribution < -0.4 is 0 Å². The summed E-state index contributed by atoms with van der Waals surface area (Å²) < 4.78 is 0. The lowest BCUT2D eigenvalue weighted by Crippen LogP contribution is -2.26. The van der Waals surface area contributed by atoms with Gasteiger partial charge in [0.15, 0.2) is 0 Å². The van der Waals surface area contributed by atoms with Crippen molar-refractivity contribution in [3.8, 4) is 0 Å². The summed E-state index contributed by atoms with van der Waals surface area (Å²) in [6.07, 6.45) is 84.7. The average molecular weight is 911 g/mol. The summed E-state index contributed by atoms with van der Waals surface area (Å²) in [7, 11) is 0. The van der Waals surface area contributed by atoms with Gasteiger partial charge < -0.3 is 0 Å². The van der Waals surface area contributed by atoms with Crippen molar-refractivity contribution in [1.82, 2.24) is 0 Å². The summed E-state index contributed by atoms with van der Waals surface area (Å²) in [5, 5.41) is 0. The molecule has 0 heterocycles. The highest BCUT2D eigenvalue weighted by Crippen LogP contribution is 2.51. The molecule has 6 saturated carbocycles. The number of fused-ring (bicyclic) bond motifs is 8. The lowest BCUT2D eigenvalue weighted by atomic mass is 9.71. The first-order valence-electron chi connectivity index (χ1n) is 28.2. The topological polar surface area (TPSA) is 0 Å². The molecule has 0 saturated heterocycles. The molecule has 0 aliphatic heterocycles. The van der Waals surface area contributed by atoms with E-state index in [0.29, 0.717) is 0 Å². The molecule has 0 aromatic heterocycles. The highest BCUT2D eigenvalue weighted by atomic mass is 14.5. The zero-order valence-electron chi connectivity index (χ0n) is 42.3. The van der Waals surface area contributed by atoms with E-state index in [1.165, 1.54) is 149 Å². The van der Waals surface area contributed by atoms with Crippen LogP contribution in [0, 0.1) is 59.2 Å². The van der Waals surface area contributed by atoms with E-state index >= 15 is 0 Å². The molecule has 0 N–H and O–H groups in total. The van der Waals surface area contributed by atoms with Crippen molar-refractivity contribution in [2.45, 2.75) is 135 Å². The maximum absolute atomic E-state index is 2.48. The van der Waals surface area contributed by atoms with E-state index in [0.717, 1.165) is 65.1 Å². The van der Waals surface area contributed by atoms with Crippen LogP contribution in [-0.4, -0.2) is 0 Å². The highest BCUT2D eigenvalue weighted by molar-refractivity contribution is 5.65. The minimum absolute atomic E-state index is 0.772. The fourth-order valence-electron chi connectivity index (χ4n) is 15.1. The number of allylic oxidation sites excluding steroid dienone is 30. The molecule has 0 bridgehead atoms. The van der Waals surface area contributed by atoms with Crippen LogP contribution in [-0.2, 0) is 0 Å². The zero-order valence-corrected chi connectivity index (χ0v) is 42.3. The van der Waals surface area contributed by atoms with Crippen LogP contribution in [0.3, 0.4) is 0 Å². The normalized spacial score (nSPS) is 33.1. The van der Waals surface area contributed by atoms with Crippen molar-refractivity contribution in [3.63, 3.8) is 0 Å². The van der Waals surface area contributed by atoms with E-state index in [1.807, 2.05) is 0 Å². The van der Waals surface area contributed by atoms with Gasteiger partial charge in [0.25, 0.3) is 0 Å². The first-order chi connectivity index (χ1) is 34.1. The molecule has 10 unspecified atom stereocenters. The number of hydrogen-bond acceptors (Lipinski definition) is 0. The molecule has 0 amide bonds. The van der Waals surface area contributed by atoms with Gasteiger partial charge in [-0.3, -0.25) is 0 Å². The molecule has 1 aromatic rings. The molecule has 69 heavy (non-hydrogen) atoms. The number of benzene rings is 1. The monoisotopic (exact) mass is 911 g/mol. The standard InChI is InChI=1S/C17H22.2C13H14.C13H18.C13H14/c1-3-8-14-12-7-13-15(9-4-2)17(14)16-10-5-6-11-16;1-4-10-6-2-8-12(10)13-9-3-7-11(13)5-1;1-3-10-7-8-11-4-2-6-13(11)9-12(10)5-1;1-2-5-11-8-9-12-7-3-6-10(4-1)13(11)12;1-2-5-10-9-11-6-4-8-13(11)12(10)7-3-1/h3-4,7-9,12-13,16H,5-6,10-11H2,1-2H3;1-2,4-6,8,11,13H,3,7,9H2;1,3,5,7-9,11,13H,2,4,6H2;1-2,4-5,10-13H,3,6-9H2;1-3,5,7,9,11,13H,4,6,8H2/b8-3-,9-4-;;;;. The molecular weight excluding hydrogens is 829 g/mol. The van der Waals surface area contributed by atoms with Crippen molar-refractivity contribution in [2.75, 3.05) is 0 Å². The molecule has 14 rings (SSSR count). The van der Waals surface area contributed by atoms with Crippen LogP contribution in [0.4, 0.5) is 0 Å². The van der Waals surface area contributed by atoms with Crippen molar-refractivity contribution < 1.29 is 0 Å². The first-order valence-corrected chi connectivity index (χ1v) is 28.2. The quantitative estimate of drug-likeness (QED) is 0.283. The van der Waals surface area contributed by atoms with Crippen LogP contribution in [0.5, 0.6) is 0 Å². The molecule has 10 atom stereocenters. The molecule has 0 nitrogen and oxygen atoms in total. The van der Waals surface area contributed by atoms with E-state index in [1.54, 1.807) is 16.7 Å². The largest absolute Gasteiger partial charge is 0.0871 e. The molecular formula is C69H82. The fourth-order valence-corrected chi connectivity index (χ4v) is 15.1. The maximum Gasteiger partial charge on any atom is -0.00929 e. The van der Waals surface area contributed by atoms with E-state index in [9.17, 15) is 0 Å². The van der Waals surface area contributed by atoms with Gasteiger partial charge in [0.2, 0.25) is 0 Å². The smallest absolute Gasteiger partial charge is 0.00929 e. The summed E-state index contributed by atoms with van der Waals surface area (Å²) in [5.41, 5.74) is 13.4. The van der Waals surface area contributed by atoms with Crippen molar-refractivity contribution in [1.29, 1.82) is 0 Å². The van der Waals surface area contributed by atoms with E-state index < -0.39 is 0 Å². The Hall–Kier alpha value is -4.94. The van der Waals surface area contributed by atoms with Crippen molar-refractivity contribution in [3.05, 3.63) is 214 Å². The van der Waals surface area contributed by atoms with E-state index in [4.69, 9.17) is 0 Å². The van der Waals surface area contributed by atoms with E-state index in [-0.39, 0.29) is 0 Å². The zero-order chi connectivity index (χ0) is 46.8. The maximum atomic E-state index is 2.48. The Bertz CT molecular complexity index is 2450. The highest BCUT2D eigenvalue weighted by Gasteiger charge is 2.41. The molecule has 13 aliphatic rings.